The first kappa shape index (κ1) is 18.2. The Labute approximate surface area is 142 Å². The Bertz CT molecular complexity index is 511. The Hall–Kier alpha value is -1.13. The molecule has 0 saturated carbocycles. The SMILES string of the molecule is CC(C)(C)[Si](C)(C)OCC1CCN(c2ccc(C=O)cc2)CC1. The number of hydrogen-bond acceptors (Lipinski definition) is 3. The van der Waals surface area contributed by atoms with Gasteiger partial charge in [0.25, 0.3) is 0 Å². The van der Waals surface area contributed by atoms with Gasteiger partial charge in [-0.15, -0.1) is 0 Å². The summed E-state index contributed by atoms with van der Waals surface area (Å²) < 4.78 is 6.39. The molecule has 2 rings (SSSR count). The summed E-state index contributed by atoms with van der Waals surface area (Å²) in [5, 5.41) is 0.286. The van der Waals surface area contributed by atoms with Crippen LogP contribution >= 0.6 is 0 Å². The van der Waals surface area contributed by atoms with Crippen molar-refractivity contribution in [3.63, 3.8) is 0 Å². The third kappa shape index (κ3) is 4.67. The average molecular weight is 334 g/mol. The lowest BCUT2D eigenvalue weighted by Gasteiger charge is -2.39. The van der Waals surface area contributed by atoms with Gasteiger partial charge in [-0.1, -0.05) is 20.8 Å². The summed E-state index contributed by atoms with van der Waals surface area (Å²) in [6.07, 6.45) is 3.27. The average Bonchev–Trinajstić information content (AvgIpc) is 2.52. The molecule has 1 aliphatic rings. The second-order valence-electron chi connectivity index (χ2n) is 8.21. The van der Waals surface area contributed by atoms with Crippen molar-refractivity contribution in [1.29, 1.82) is 0 Å². The summed E-state index contributed by atoms with van der Waals surface area (Å²) in [6.45, 7) is 14.6. The minimum absolute atomic E-state index is 0.286. The number of aldehydes is 1. The Balaban J connectivity index is 1.83. The van der Waals surface area contributed by atoms with Crippen molar-refractivity contribution >= 4 is 20.3 Å². The predicted octanol–water partition coefficient (Wildman–Crippen LogP) is 4.74. The van der Waals surface area contributed by atoms with Crippen molar-refractivity contribution in [2.45, 2.75) is 51.7 Å². The molecule has 0 N–H and O–H groups in total. The van der Waals surface area contributed by atoms with E-state index in [9.17, 15) is 4.79 Å². The van der Waals surface area contributed by atoms with Crippen LogP contribution in [0.2, 0.25) is 18.1 Å². The van der Waals surface area contributed by atoms with Crippen LogP contribution in [0.3, 0.4) is 0 Å². The molecule has 128 valence electrons. The largest absolute Gasteiger partial charge is 0.417 e. The summed E-state index contributed by atoms with van der Waals surface area (Å²) in [5.41, 5.74) is 1.96. The summed E-state index contributed by atoms with van der Waals surface area (Å²) in [6, 6.07) is 7.90. The van der Waals surface area contributed by atoms with Crippen LogP contribution in [-0.2, 0) is 4.43 Å². The number of rotatable bonds is 5. The molecule has 1 aromatic rings. The van der Waals surface area contributed by atoms with Gasteiger partial charge in [0.1, 0.15) is 6.29 Å². The third-order valence-electron chi connectivity index (χ3n) is 5.49. The van der Waals surface area contributed by atoms with Crippen molar-refractivity contribution in [2.24, 2.45) is 5.92 Å². The molecule has 0 aliphatic carbocycles. The molecule has 0 unspecified atom stereocenters. The topological polar surface area (TPSA) is 29.5 Å². The lowest BCUT2D eigenvalue weighted by atomic mass is 9.97. The highest BCUT2D eigenvalue weighted by Crippen LogP contribution is 2.37. The van der Waals surface area contributed by atoms with E-state index in [2.05, 4.69) is 50.9 Å². The molecule has 4 heteroatoms. The lowest BCUT2D eigenvalue weighted by molar-refractivity contribution is 0.112. The quantitative estimate of drug-likeness (QED) is 0.576. The van der Waals surface area contributed by atoms with Gasteiger partial charge in [-0.2, -0.15) is 0 Å². The lowest BCUT2D eigenvalue weighted by Crippen LogP contribution is -2.43. The first-order chi connectivity index (χ1) is 10.7. The standard InChI is InChI=1S/C19H31NO2Si/c1-19(2,3)23(4,5)22-15-17-10-12-20(13-11-17)18-8-6-16(14-21)7-9-18/h6-9,14,17H,10-13,15H2,1-5H3. The van der Waals surface area contributed by atoms with Crippen LogP contribution in [0.4, 0.5) is 5.69 Å². The Morgan fingerprint density at radius 2 is 1.74 bits per heavy atom. The zero-order valence-electron chi connectivity index (χ0n) is 15.3. The van der Waals surface area contributed by atoms with Gasteiger partial charge in [-0.25, -0.2) is 0 Å². The van der Waals surface area contributed by atoms with Gasteiger partial charge in [0.05, 0.1) is 0 Å². The van der Waals surface area contributed by atoms with Crippen LogP contribution < -0.4 is 4.90 Å². The second kappa shape index (κ2) is 7.18. The van der Waals surface area contributed by atoms with Crippen molar-refractivity contribution in [3.8, 4) is 0 Å². The minimum Gasteiger partial charge on any atom is -0.417 e. The van der Waals surface area contributed by atoms with Crippen molar-refractivity contribution in [2.75, 3.05) is 24.6 Å². The van der Waals surface area contributed by atoms with E-state index in [4.69, 9.17) is 4.43 Å². The molecule has 0 bridgehead atoms. The Morgan fingerprint density at radius 3 is 2.22 bits per heavy atom. The highest BCUT2D eigenvalue weighted by atomic mass is 28.4. The number of anilines is 1. The molecule has 0 radical (unpaired) electrons. The fraction of sp³-hybridized carbons (Fsp3) is 0.632. The van der Waals surface area contributed by atoms with Crippen molar-refractivity contribution in [1.82, 2.24) is 0 Å². The van der Waals surface area contributed by atoms with E-state index in [1.165, 1.54) is 18.5 Å². The molecular formula is C19H31NO2Si. The smallest absolute Gasteiger partial charge is 0.191 e. The molecule has 1 aliphatic heterocycles. The summed E-state index contributed by atoms with van der Waals surface area (Å²) in [5.74, 6) is 0.676. The normalized spacial score (nSPS) is 17.3. The number of piperidine rings is 1. The number of nitrogens with zero attached hydrogens (tertiary/aromatic N) is 1. The summed E-state index contributed by atoms with van der Waals surface area (Å²) in [4.78, 5) is 13.2. The molecule has 23 heavy (non-hydrogen) atoms. The van der Waals surface area contributed by atoms with Crippen LogP contribution in [0.15, 0.2) is 24.3 Å². The van der Waals surface area contributed by atoms with Crippen LogP contribution in [0.1, 0.15) is 44.0 Å². The molecule has 0 amide bonds. The highest BCUT2D eigenvalue weighted by Gasteiger charge is 2.37. The first-order valence-corrected chi connectivity index (χ1v) is 11.6. The molecule has 1 fully saturated rings. The van der Waals surface area contributed by atoms with E-state index in [1.807, 2.05) is 12.1 Å². The van der Waals surface area contributed by atoms with Crippen molar-refractivity contribution < 1.29 is 9.22 Å². The molecule has 0 atom stereocenters. The van der Waals surface area contributed by atoms with E-state index in [0.29, 0.717) is 5.92 Å². The van der Waals surface area contributed by atoms with Gasteiger partial charge in [0, 0.05) is 30.9 Å². The molecular weight excluding hydrogens is 302 g/mol. The number of benzene rings is 1. The fourth-order valence-electron chi connectivity index (χ4n) is 2.66. The summed E-state index contributed by atoms with van der Waals surface area (Å²) in [7, 11) is -1.63. The Kier molecular flexibility index (Phi) is 5.68. The van der Waals surface area contributed by atoms with E-state index in [1.54, 1.807) is 0 Å². The zero-order valence-corrected chi connectivity index (χ0v) is 16.3. The number of carbonyl (C=O) groups is 1. The van der Waals surface area contributed by atoms with Crippen molar-refractivity contribution in [3.05, 3.63) is 29.8 Å². The second-order valence-corrected chi connectivity index (χ2v) is 13.0. The van der Waals surface area contributed by atoms with Gasteiger partial charge < -0.3 is 9.33 Å². The van der Waals surface area contributed by atoms with Gasteiger partial charge in [-0.3, -0.25) is 4.79 Å². The third-order valence-corrected chi connectivity index (χ3v) is 10.00. The number of carbonyl (C=O) groups excluding carboxylic acids is 1. The maximum absolute atomic E-state index is 10.7. The number of hydrogen-bond donors (Lipinski definition) is 0. The maximum Gasteiger partial charge on any atom is 0.191 e. The Morgan fingerprint density at radius 1 is 1.17 bits per heavy atom. The highest BCUT2D eigenvalue weighted by molar-refractivity contribution is 6.74. The molecule has 0 aromatic heterocycles. The molecule has 3 nitrogen and oxygen atoms in total. The van der Waals surface area contributed by atoms with Crippen LogP contribution in [0.25, 0.3) is 0 Å². The first-order valence-electron chi connectivity index (χ1n) is 8.67. The zero-order chi connectivity index (χ0) is 17.1. The van der Waals surface area contributed by atoms with Gasteiger partial charge in [0.2, 0.25) is 0 Å². The molecule has 1 heterocycles. The van der Waals surface area contributed by atoms with Gasteiger partial charge in [0.15, 0.2) is 8.32 Å². The van der Waals surface area contributed by atoms with E-state index >= 15 is 0 Å². The monoisotopic (exact) mass is 333 g/mol. The fourth-order valence-corrected chi connectivity index (χ4v) is 3.75. The van der Waals surface area contributed by atoms with E-state index < -0.39 is 8.32 Å². The van der Waals surface area contributed by atoms with Crippen LogP contribution in [-0.4, -0.2) is 34.3 Å². The van der Waals surface area contributed by atoms with E-state index in [-0.39, 0.29) is 5.04 Å². The molecule has 1 saturated heterocycles. The van der Waals surface area contributed by atoms with Crippen LogP contribution in [0, 0.1) is 5.92 Å². The molecule has 1 aromatic carbocycles. The maximum atomic E-state index is 10.7. The predicted molar refractivity (Wildman–Crippen MR) is 99.9 cm³/mol. The molecule has 0 spiro atoms. The van der Waals surface area contributed by atoms with Gasteiger partial charge in [-0.05, 0) is 61.2 Å². The van der Waals surface area contributed by atoms with E-state index in [0.717, 1.165) is 31.5 Å². The van der Waals surface area contributed by atoms with Crippen LogP contribution in [0.5, 0.6) is 0 Å². The minimum atomic E-state index is -1.63. The van der Waals surface area contributed by atoms with Gasteiger partial charge >= 0.3 is 0 Å². The summed E-state index contributed by atoms with van der Waals surface area (Å²) >= 11 is 0.